The molecule has 4 aromatic carbocycles. The number of likely N-dealkylation sites (N-methyl/N-ethyl adjacent to an activating group) is 1. The molecule has 1 unspecified atom stereocenters. The molecule has 21 heteroatoms. The van der Waals surface area contributed by atoms with Crippen LogP contribution in [0.1, 0.15) is 39.9 Å². The second-order valence-electron chi connectivity index (χ2n) is 16.7. The van der Waals surface area contributed by atoms with Crippen molar-refractivity contribution in [2.24, 2.45) is 0 Å². The van der Waals surface area contributed by atoms with E-state index in [2.05, 4.69) is 10.6 Å². The summed E-state index contributed by atoms with van der Waals surface area (Å²) in [7, 11) is 1.59. The number of nitriles is 1. The third kappa shape index (κ3) is 8.94. The van der Waals surface area contributed by atoms with Crippen molar-refractivity contribution < 1.29 is 59.9 Å². The highest BCUT2D eigenvalue weighted by Crippen LogP contribution is 2.42. The average molecular weight is 929 g/mol. The van der Waals surface area contributed by atoms with Crippen LogP contribution in [0.25, 0.3) is 0 Å². The maximum absolute atomic E-state index is 14.4. The van der Waals surface area contributed by atoms with E-state index < -0.39 is 72.0 Å². The first-order chi connectivity index (χ1) is 31.7. The molecule has 4 aliphatic rings. The molecule has 0 fully saturated rings. The van der Waals surface area contributed by atoms with Gasteiger partial charge in [0.1, 0.15) is 0 Å². The molecule has 15 nitrogen and oxygen atoms in total. The minimum atomic E-state index is -4.75. The topological polar surface area (TPSA) is 192 Å². The molecule has 0 radical (unpaired) electrons. The number of hydrogen-bond acceptors (Lipinski definition) is 7. The molecule has 0 bridgehead atoms. The highest BCUT2D eigenvalue weighted by molar-refractivity contribution is 6.08. The van der Waals surface area contributed by atoms with Gasteiger partial charge in [0.2, 0.25) is 0 Å². The third-order valence-electron chi connectivity index (χ3n) is 12.2. The number of nitrogen functional groups attached to an aromatic ring is 1. The van der Waals surface area contributed by atoms with Crippen molar-refractivity contribution >= 4 is 46.9 Å². The molecule has 8 rings (SSSR count). The smallest absolute Gasteiger partial charge is 0.416 e. The number of carboxylic acid groups (broad SMARTS) is 1. The van der Waals surface area contributed by atoms with E-state index in [1.165, 1.54) is 34.1 Å². The SMILES string of the molecule is C[N+](CCN1CC2=C(C1=O)[C@@H](c1ccc(N)cc1)NC(=O)N2c1cccc(C(F)(F)F)c1)(CCN1CC2=C(C1=O)[C@@H](c1ccc(C#N)cc1)NC(=O)N2c1cccc(C(F)(F)F)c1)CC(=O)O. The summed E-state index contributed by atoms with van der Waals surface area (Å²) < 4.78 is 82.8. The van der Waals surface area contributed by atoms with Gasteiger partial charge in [0, 0.05) is 5.69 Å². The molecule has 3 atom stereocenters. The summed E-state index contributed by atoms with van der Waals surface area (Å²) in [5.41, 5.74) is 5.47. The van der Waals surface area contributed by atoms with E-state index in [1.54, 1.807) is 43.4 Å². The Labute approximate surface area is 378 Å². The second-order valence-corrected chi connectivity index (χ2v) is 16.7. The highest BCUT2D eigenvalue weighted by atomic mass is 19.4. The molecule has 6 amide bonds. The van der Waals surface area contributed by atoms with Crippen molar-refractivity contribution in [2.45, 2.75) is 24.4 Å². The molecule has 67 heavy (non-hydrogen) atoms. The lowest BCUT2D eigenvalue weighted by atomic mass is 9.94. The van der Waals surface area contributed by atoms with Crippen LogP contribution < -0.4 is 26.2 Å². The van der Waals surface area contributed by atoms with Crippen molar-refractivity contribution in [1.29, 1.82) is 5.26 Å². The van der Waals surface area contributed by atoms with E-state index in [0.29, 0.717) is 22.4 Å². The monoisotopic (exact) mass is 928 g/mol. The predicted molar refractivity (Wildman–Crippen MR) is 228 cm³/mol. The molecule has 0 saturated heterocycles. The first kappa shape index (κ1) is 45.7. The minimum absolute atomic E-state index is 0.0322. The summed E-state index contributed by atoms with van der Waals surface area (Å²) in [4.78, 5) is 73.6. The van der Waals surface area contributed by atoms with E-state index in [1.807, 2.05) is 6.07 Å². The van der Waals surface area contributed by atoms with Crippen LogP contribution in [0.5, 0.6) is 0 Å². The number of carboxylic acids is 1. The van der Waals surface area contributed by atoms with E-state index >= 15 is 0 Å². The number of urea groups is 2. The normalized spacial score (nSPS) is 19.6. The molecule has 0 aliphatic carbocycles. The van der Waals surface area contributed by atoms with Gasteiger partial charge in [-0.05, 0) is 71.8 Å². The van der Waals surface area contributed by atoms with E-state index in [4.69, 9.17) is 5.73 Å². The fourth-order valence-electron chi connectivity index (χ4n) is 8.80. The van der Waals surface area contributed by atoms with Crippen LogP contribution in [0.4, 0.5) is 53.0 Å². The zero-order valence-electron chi connectivity index (χ0n) is 35.4. The van der Waals surface area contributed by atoms with Gasteiger partial charge in [-0.2, -0.15) is 31.6 Å². The Morgan fingerprint density at radius 2 is 1.13 bits per heavy atom. The molecule has 5 N–H and O–H groups in total. The Bertz CT molecular complexity index is 2810. The minimum Gasteiger partial charge on any atom is -0.477 e. The van der Waals surface area contributed by atoms with Crippen molar-refractivity contribution in [3.05, 3.63) is 147 Å². The number of carbonyl (C=O) groups is 5. The summed E-state index contributed by atoms with van der Waals surface area (Å²) in [6.07, 6.45) is -9.49. The van der Waals surface area contributed by atoms with E-state index in [0.717, 1.165) is 46.2 Å². The molecule has 4 aliphatic heterocycles. The number of quaternary nitrogens is 1. The summed E-state index contributed by atoms with van der Waals surface area (Å²) in [5.74, 6) is -2.38. The number of anilines is 3. The molecule has 0 saturated carbocycles. The Morgan fingerprint density at radius 1 is 0.716 bits per heavy atom. The Balaban J connectivity index is 1.06. The number of carbonyl (C=O) groups excluding carboxylic acids is 4. The lowest BCUT2D eigenvalue weighted by molar-refractivity contribution is -0.901. The van der Waals surface area contributed by atoms with Gasteiger partial charge >= 0.3 is 30.4 Å². The zero-order chi connectivity index (χ0) is 48.2. The van der Waals surface area contributed by atoms with Gasteiger partial charge in [0.15, 0.2) is 6.54 Å². The number of benzene rings is 4. The highest BCUT2D eigenvalue weighted by Gasteiger charge is 2.48. The number of nitrogens with two attached hydrogens (primary N) is 1. The van der Waals surface area contributed by atoms with Crippen LogP contribution in [0.2, 0.25) is 0 Å². The molecule has 4 heterocycles. The summed E-state index contributed by atoms with van der Waals surface area (Å²) in [5, 5.41) is 24.9. The summed E-state index contributed by atoms with van der Waals surface area (Å²) >= 11 is 0. The summed E-state index contributed by atoms with van der Waals surface area (Å²) in [6.45, 7) is -1.29. The quantitative estimate of drug-likeness (QED) is 0.0740. The number of hydrogen-bond donors (Lipinski definition) is 4. The van der Waals surface area contributed by atoms with Gasteiger partial charge < -0.3 is 35.8 Å². The van der Waals surface area contributed by atoms with Crippen LogP contribution in [-0.2, 0) is 26.7 Å². The largest absolute Gasteiger partial charge is 0.477 e. The molecule has 0 spiro atoms. The van der Waals surface area contributed by atoms with Crippen LogP contribution in [0, 0.1) is 11.3 Å². The molecule has 0 aromatic heterocycles. The van der Waals surface area contributed by atoms with Gasteiger partial charge in [-0.25, -0.2) is 14.4 Å². The van der Waals surface area contributed by atoms with Gasteiger partial charge in [0.25, 0.3) is 11.8 Å². The maximum Gasteiger partial charge on any atom is 0.416 e. The number of nitrogens with one attached hydrogen (secondary N) is 2. The molecular formula is C46H40F6N9O6+. The first-order valence-electron chi connectivity index (χ1n) is 20.7. The predicted octanol–water partition coefficient (Wildman–Crippen LogP) is 6.14. The van der Waals surface area contributed by atoms with Crippen molar-refractivity contribution in [1.82, 2.24) is 20.4 Å². The number of amides is 6. The fraction of sp³-hybridized carbons (Fsp3) is 0.261. The Morgan fingerprint density at radius 3 is 1.52 bits per heavy atom. The lowest BCUT2D eigenvalue weighted by Gasteiger charge is -2.36. The standard InChI is InChI=1S/C46H39F6N9O6/c1-61(25-36(62)63,19-17-58-24-35-38(42(58)65)40(28-12-14-31(54)15-13-28)56-44(67)60(35)33-7-3-5-30(21-33)46(50,51)52)18-16-57-23-34-37(41(57)64)39(27-10-8-26(22-53)9-11-27)55-43(66)59(34)32-6-2-4-29(20-32)45(47,48)49/h2-15,20-21,39-40H,16-19,23-25,54H2,1H3,(H2-,55,56,62,63,66,67)/p+1/t39-,40-,61?/m1/s1. The number of aliphatic carboxylic acids is 1. The average Bonchev–Trinajstić information content (AvgIpc) is 3.78. The third-order valence-corrected chi connectivity index (χ3v) is 12.2. The van der Waals surface area contributed by atoms with Crippen molar-refractivity contribution in [3.8, 4) is 6.07 Å². The number of rotatable bonds is 12. The van der Waals surface area contributed by atoms with Gasteiger partial charge in [-0.15, -0.1) is 0 Å². The molecular weight excluding hydrogens is 889 g/mol. The van der Waals surface area contributed by atoms with E-state index in [9.17, 15) is 60.7 Å². The van der Waals surface area contributed by atoms with Crippen LogP contribution in [0.3, 0.4) is 0 Å². The Hall–Kier alpha value is -7.86. The van der Waals surface area contributed by atoms with Gasteiger partial charge in [-0.1, -0.05) is 36.4 Å². The fourth-order valence-corrected chi connectivity index (χ4v) is 8.80. The second kappa shape index (κ2) is 17.2. The van der Waals surface area contributed by atoms with E-state index in [-0.39, 0.29) is 77.7 Å². The van der Waals surface area contributed by atoms with Gasteiger partial charge in [0.05, 0.1) is 115 Å². The summed E-state index contributed by atoms with van der Waals surface area (Å²) in [6, 6.07) is 18.8. The Kier molecular flexibility index (Phi) is 11.7. The maximum atomic E-state index is 14.4. The lowest BCUT2D eigenvalue weighted by Crippen LogP contribution is -2.55. The van der Waals surface area contributed by atoms with Crippen LogP contribution in [0.15, 0.2) is 120 Å². The van der Waals surface area contributed by atoms with Crippen molar-refractivity contribution in [2.75, 3.05) is 68.4 Å². The van der Waals surface area contributed by atoms with Gasteiger partial charge in [-0.3, -0.25) is 19.4 Å². The number of alkyl halides is 6. The first-order valence-corrected chi connectivity index (χ1v) is 20.7. The number of nitrogens with zero attached hydrogens (tertiary/aromatic N) is 6. The van der Waals surface area contributed by atoms with Crippen LogP contribution in [-0.4, -0.2) is 102 Å². The molecule has 346 valence electrons. The zero-order valence-corrected chi connectivity index (χ0v) is 35.4. The number of halogens is 6. The molecule has 4 aromatic rings. The van der Waals surface area contributed by atoms with Crippen LogP contribution >= 0.6 is 0 Å². The van der Waals surface area contributed by atoms with Crippen molar-refractivity contribution in [3.63, 3.8) is 0 Å².